The van der Waals surface area contributed by atoms with E-state index in [2.05, 4.69) is 32.6 Å². The van der Waals surface area contributed by atoms with Crippen molar-refractivity contribution < 1.29 is 4.79 Å². The van der Waals surface area contributed by atoms with Crippen LogP contribution in [0.5, 0.6) is 0 Å². The van der Waals surface area contributed by atoms with E-state index < -0.39 is 0 Å². The molecule has 3 rings (SSSR count). The van der Waals surface area contributed by atoms with Crippen LogP contribution in [0.25, 0.3) is 10.7 Å². The van der Waals surface area contributed by atoms with Crippen LogP contribution in [0, 0.1) is 0 Å². The fraction of sp³-hybridized carbons (Fsp3) is 0.400. The van der Waals surface area contributed by atoms with Crippen LogP contribution in [0.15, 0.2) is 22.7 Å². The second-order valence-electron chi connectivity index (χ2n) is 5.12. The average Bonchev–Trinajstić information content (AvgIpc) is 3.33. The molecular weight excluding hydrogens is 376 g/mol. The van der Waals surface area contributed by atoms with Gasteiger partial charge in [0.25, 0.3) is 0 Å². The molecule has 10 heteroatoms. The van der Waals surface area contributed by atoms with Gasteiger partial charge < -0.3 is 4.57 Å². The molecule has 0 spiro atoms. The van der Waals surface area contributed by atoms with Gasteiger partial charge in [-0.2, -0.15) is 0 Å². The lowest BCUT2D eigenvalue weighted by molar-refractivity contribution is -0.113. The predicted octanol–water partition coefficient (Wildman–Crippen LogP) is 3.56. The van der Waals surface area contributed by atoms with Crippen molar-refractivity contribution in [3.05, 3.63) is 22.5 Å². The number of nitrogens with one attached hydrogen (secondary N) is 1. The SMILES string of the molecule is CCCc1nnc(NC(=O)CSc2nnc(-c3cccs3)n2CC)s1. The van der Waals surface area contributed by atoms with Crippen LogP contribution in [0.4, 0.5) is 5.13 Å². The van der Waals surface area contributed by atoms with E-state index in [4.69, 9.17) is 0 Å². The summed E-state index contributed by atoms with van der Waals surface area (Å²) in [5, 5.41) is 23.6. The van der Waals surface area contributed by atoms with E-state index in [9.17, 15) is 4.79 Å². The molecule has 0 unspecified atom stereocenters. The Labute approximate surface area is 157 Å². The molecule has 0 bridgehead atoms. The number of nitrogens with zero attached hydrogens (tertiary/aromatic N) is 5. The Kier molecular flexibility index (Phi) is 6.16. The van der Waals surface area contributed by atoms with E-state index in [1.165, 1.54) is 23.1 Å². The number of carbonyl (C=O) groups is 1. The van der Waals surface area contributed by atoms with Crippen LogP contribution < -0.4 is 5.32 Å². The highest BCUT2D eigenvalue weighted by atomic mass is 32.2. The molecular formula is C15H18N6OS3. The molecule has 0 aliphatic heterocycles. The zero-order chi connectivity index (χ0) is 17.6. The summed E-state index contributed by atoms with van der Waals surface area (Å²) in [5.74, 6) is 0.979. The molecule has 7 nitrogen and oxygen atoms in total. The molecule has 3 heterocycles. The van der Waals surface area contributed by atoms with Crippen molar-refractivity contribution in [3.63, 3.8) is 0 Å². The number of aromatic nitrogens is 5. The first kappa shape index (κ1) is 18.0. The summed E-state index contributed by atoms with van der Waals surface area (Å²) in [6.07, 6.45) is 1.89. The summed E-state index contributed by atoms with van der Waals surface area (Å²) in [7, 11) is 0. The van der Waals surface area contributed by atoms with E-state index in [0.29, 0.717) is 5.13 Å². The van der Waals surface area contributed by atoms with Crippen LogP contribution in [-0.2, 0) is 17.8 Å². The quantitative estimate of drug-likeness (QED) is 0.588. The maximum absolute atomic E-state index is 12.1. The van der Waals surface area contributed by atoms with E-state index in [1.807, 2.05) is 29.0 Å². The van der Waals surface area contributed by atoms with E-state index in [-0.39, 0.29) is 11.7 Å². The lowest BCUT2D eigenvalue weighted by Crippen LogP contribution is -2.14. The number of hydrogen-bond acceptors (Lipinski definition) is 8. The van der Waals surface area contributed by atoms with Gasteiger partial charge in [-0.1, -0.05) is 36.1 Å². The molecule has 132 valence electrons. The second-order valence-corrected chi connectivity index (χ2v) is 8.07. The van der Waals surface area contributed by atoms with Gasteiger partial charge in [0.2, 0.25) is 11.0 Å². The third-order valence-electron chi connectivity index (χ3n) is 3.28. The van der Waals surface area contributed by atoms with Crippen molar-refractivity contribution in [2.24, 2.45) is 0 Å². The molecule has 0 aliphatic carbocycles. The van der Waals surface area contributed by atoms with Gasteiger partial charge in [-0.25, -0.2) is 0 Å². The summed E-state index contributed by atoms with van der Waals surface area (Å²) in [5.41, 5.74) is 0. The van der Waals surface area contributed by atoms with E-state index in [0.717, 1.165) is 40.3 Å². The maximum atomic E-state index is 12.1. The Morgan fingerprint density at radius 1 is 1.28 bits per heavy atom. The predicted molar refractivity (Wildman–Crippen MR) is 102 cm³/mol. The highest BCUT2D eigenvalue weighted by molar-refractivity contribution is 7.99. The number of amides is 1. The summed E-state index contributed by atoms with van der Waals surface area (Å²) in [6, 6.07) is 4.01. The van der Waals surface area contributed by atoms with Gasteiger partial charge in [-0.15, -0.1) is 31.7 Å². The van der Waals surface area contributed by atoms with Crippen molar-refractivity contribution in [2.45, 2.75) is 38.4 Å². The molecule has 0 aliphatic rings. The maximum Gasteiger partial charge on any atom is 0.236 e. The van der Waals surface area contributed by atoms with Gasteiger partial charge in [0.15, 0.2) is 11.0 Å². The highest BCUT2D eigenvalue weighted by Crippen LogP contribution is 2.27. The first-order chi connectivity index (χ1) is 12.2. The van der Waals surface area contributed by atoms with Gasteiger partial charge in [0.05, 0.1) is 10.6 Å². The number of anilines is 1. The molecule has 0 saturated heterocycles. The van der Waals surface area contributed by atoms with Crippen LogP contribution >= 0.6 is 34.4 Å². The number of aryl methyl sites for hydroxylation is 1. The Hall–Kier alpha value is -1.78. The van der Waals surface area contributed by atoms with Gasteiger partial charge in [0, 0.05) is 13.0 Å². The summed E-state index contributed by atoms with van der Waals surface area (Å²) in [6.45, 7) is 4.88. The van der Waals surface area contributed by atoms with Crippen LogP contribution in [0.2, 0.25) is 0 Å². The molecule has 0 fully saturated rings. The lowest BCUT2D eigenvalue weighted by atomic mass is 10.4. The minimum absolute atomic E-state index is 0.118. The van der Waals surface area contributed by atoms with Crippen molar-refractivity contribution >= 4 is 45.5 Å². The van der Waals surface area contributed by atoms with Gasteiger partial charge in [-0.3, -0.25) is 10.1 Å². The van der Waals surface area contributed by atoms with Gasteiger partial charge in [-0.05, 0) is 24.8 Å². The molecule has 1 amide bonds. The molecule has 0 saturated carbocycles. The third kappa shape index (κ3) is 4.44. The zero-order valence-corrected chi connectivity index (χ0v) is 16.4. The number of carbonyl (C=O) groups excluding carboxylic acids is 1. The first-order valence-corrected chi connectivity index (χ1v) is 10.6. The normalized spacial score (nSPS) is 11.0. The fourth-order valence-electron chi connectivity index (χ4n) is 2.17. The smallest absolute Gasteiger partial charge is 0.236 e. The lowest BCUT2D eigenvalue weighted by Gasteiger charge is -2.05. The Balaban J connectivity index is 1.60. The molecule has 0 radical (unpaired) electrons. The summed E-state index contributed by atoms with van der Waals surface area (Å²) < 4.78 is 2.02. The number of thioether (sulfide) groups is 1. The highest BCUT2D eigenvalue weighted by Gasteiger charge is 2.15. The summed E-state index contributed by atoms with van der Waals surface area (Å²) >= 11 is 4.42. The molecule has 25 heavy (non-hydrogen) atoms. The Morgan fingerprint density at radius 2 is 2.16 bits per heavy atom. The molecule has 0 atom stereocenters. The van der Waals surface area contributed by atoms with Crippen molar-refractivity contribution in [3.8, 4) is 10.7 Å². The van der Waals surface area contributed by atoms with Crippen LogP contribution in [0.3, 0.4) is 0 Å². The van der Waals surface area contributed by atoms with Crippen molar-refractivity contribution in [1.82, 2.24) is 25.0 Å². The topological polar surface area (TPSA) is 85.6 Å². The molecule has 1 N–H and O–H groups in total. The molecule has 3 aromatic rings. The van der Waals surface area contributed by atoms with E-state index in [1.54, 1.807) is 11.3 Å². The monoisotopic (exact) mass is 394 g/mol. The Morgan fingerprint density at radius 3 is 2.88 bits per heavy atom. The second kappa shape index (κ2) is 8.54. The van der Waals surface area contributed by atoms with Crippen molar-refractivity contribution in [2.75, 3.05) is 11.1 Å². The Bertz CT molecular complexity index is 826. The molecule has 3 aromatic heterocycles. The van der Waals surface area contributed by atoms with Gasteiger partial charge in [0.1, 0.15) is 5.01 Å². The minimum atomic E-state index is -0.118. The largest absolute Gasteiger partial charge is 0.302 e. The fourth-order valence-corrected chi connectivity index (χ4v) is 4.55. The number of thiophene rings is 1. The third-order valence-corrected chi connectivity index (χ3v) is 6.02. The zero-order valence-electron chi connectivity index (χ0n) is 13.9. The van der Waals surface area contributed by atoms with E-state index >= 15 is 0 Å². The van der Waals surface area contributed by atoms with Gasteiger partial charge >= 0.3 is 0 Å². The summed E-state index contributed by atoms with van der Waals surface area (Å²) in [4.78, 5) is 13.2. The minimum Gasteiger partial charge on any atom is -0.302 e. The first-order valence-electron chi connectivity index (χ1n) is 7.93. The molecule has 0 aromatic carbocycles. The standard InChI is InChI=1S/C15H18N6OS3/c1-3-6-12-17-19-14(25-12)16-11(22)9-24-15-20-18-13(21(15)4-2)10-7-5-8-23-10/h5,7-8H,3-4,6,9H2,1-2H3,(H,16,19,22). The van der Waals surface area contributed by atoms with Crippen LogP contribution in [-0.4, -0.2) is 36.6 Å². The number of rotatable bonds is 8. The van der Waals surface area contributed by atoms with Crippen molar-refractivity contribution in [1.29, 1.82) is 0 Å². The average molecular weight is 395 g/mol. The number of hydrogen-bond donors (Lipinski definition) is 1. The van der Waals surface area contributed by atoms with Crippen LogP contribution in [0.1, 0.15) is 25.3 Å².